The third-order valence-electron chi connectivity index (χ3n) is 5.97. The molecule has 0 unspecified atom stereocenters. The van der Waals surface area contributed by atoms with Crippen molar-refractivity contribution in [3.63, 3.8) is 0 Å². The number of hydrogen-bond donors (Lipinski definition) is 2. The highest BCUT2D eigenvalue weighted by molar-refractivity contribution is 14.0. The lowest BCUT2D eigenvalue weighted by atomic mass is 9.72. The van der Waals surface area contributed by atoms with Crippen LogP contribution < -0.4 is 10.6 Å². The SMILES string of the molecule is CN=C(NCCN(C(C)C)C(C)C)NCC1(c2ccccc2C)CCOCC1.I. The Morgan fingerprint density at radius 1 is 1.10 bits per heavy atom. The summed E-state index contributed by atoms with van der Waals surface area (Å²) in [5.41, 5.74) is 2.90. The molecular weight excluding hydrogens is 475 g/mol. The van der Waals surface area contributed by atoms with Gasteiger partial charge in [-0.15, -0.1) is 24.0 Å². The lowest BCUT2D eigenvalue weighted by Crippen LogP contribution is -2.50. The van der Waals surface area contributed by atoms with Gasteiger partial charge >= 0.3 is 0 Å². The number of aliphatic imine (C=N–C) groups is 1. The van der Waals surface area contributed by atoms with Crippen LogP contribution in [0.3, 0.4) is 0 Å². The largest absolute Gasteiger partial charge is 0.381 e. The molecule has 2 rings (SSSR count). The maximum absolute atomic E-state index is 5.68. The number of hydrogen-bond acceptors (Lipinski definition) is 3. The molecule has 1 aliphatic heterocycles. The first-order chi connectivity index (χ1) is 13.4. The van der Waals surface area contributed by atoms with Gasteiger partial charge in [-0.2, -0.15) is 0 Å². The van der Waals surface area contributed by atoms with Crippen LogP contribution in [0.2, 0.25) is 0 Å². The second-order valence-corrected chi connectivity index (χ2v) is 8.49. The van der Waals surface area contributed by atoms with E-state index in [4.69, 9.17) is 4.74 Å². The molecule has 0 aromatic heterocycles. The van der Waals surface area contributed by atoms with Gasteiger partial charge < -0.3 is 15.4 Å². The third-order valence-corrected chi connectivity index (χ3v) is 5.97. The first kappa shape index (κ1) is 26.2. The molecule has 0 radical (unpaired) electrons. The zero-order chi connectivity index (χ0) is 20.6. The van der Waals surface area contributed by atoms with E-state index in [1.807, 2.05) is 7.05 Å². The fraction of sp³-hybridized carbons (Fsp3) is 0.696. The first-order valence-electron chi connectivity index (χ1n) is 10.7. The summed E-state index contributed by atoms with van der Waals surface area (Å²) in [5.74, 6) is 0.881. The smallest absolute Gasteiger partial charge is 0.191 e. The Hall–Kier alpha value is -0.860. The van der Waals surface area contributed by atoms with Gasteiger partial charge in [-0.05, 0) is 58.6 Å². The Balaban J connectivity index is 0.00000420. The molecule has 166 valence electrons. The minimum absolute atomic E-state index is 0. The van der Waals surface area contributed by atoms with Crippen molar-refractivity contribution >= 4 is 29.9 Å². The van der Waals surface area contributed by atoms with Crippen LogP contribution in [0.15, 0.2) is 29.3 Å². The zero-order valence-electron chi connectivity index (χ0n) is 19.1. The van der Waals surface area contributed by atoms with Crippen LogP contribution in [0.4, 0.5) is 0 Å². The molecule has 1 aromatic rings. The molecule has 0 saturated carbocycles. The molecule has 0 spiro atoms. The van der Waals surface area contributed by atoms with E-state index in [-0.39, 0.29) is 29.4 Å². The molecule has 0 atom stereocenters. The van der Waals surface area contributed by atoms with Crippen LogP contribution >= 0.6 is 24.0 Å². The fourth-order valence-corrected chi connectivity index (χ4v) is 4.36. The molecule has 1 aliphatic rings. The van der Waals surface area contributed by atoms with E-state index in [1.165, 1.54) is 11.1 Å². The van der Waals surface area contributed by atoms with Crippen molar-refractivity contribution in [1.82, 2.24) is 15.5 Å². The Kier molecular flexibility index (Phi) is 11.5. The molecule has 1 fully saturated rings. The van der Waals surface area contributed by atoms with Crippen molar-refractivity contribution in [2.24, 2.45) is 4.99 Å². The van der Waals surface area contributed by atoms with Crippen LogP contribution in [-0.4, -0.2) is 62.8 Å². The van der Waals surface area contributed by atoms with Crippen LogP contribution in [-0.2, 0) is 10.2 Å². The van der Waals surface area contributed by atoms with Crippen LogP contribution in [0.5, 0.6) is 0 Å². The normalized spacial score (nSPS) is 16.8. The first-order valence-corrected chi connectivity index (χ1v) is 10.7. The number of guanidine groups is 1. The molecule has 0 aliphatic carbocycles. The van der Waals surface area contributed by atoms with Crippen LogP contribution in [0, 0.1) is 6.92 Å². The molecule has 2 N–H and O–H groups in total. The average Bonchev–Trinajstić information content (AvgIpc) is 2.68. The lowest BCUT2D eigenvalue weighted by Gasteiger charge is -2.39. The molecular formula is C23H41IN4O. The Labute approximate surface area is 195 Å². The molecule has 0 bridgehead atoms. The number of nitrogens with zero attached hydrogens (tertiary/aromatic N) is 2. The summed E-state index contributed by atoms with van der Waals surface area (Å²) in [7, 11) is 1.85. The minimum Gasteiger partial charge on any atom is -0.381 e. The van der Waals surface area contributed by atoms with E-state index < -0.39 is 0 Å². The summed E-state index contributed by atoms with van der Waals surface area (Å²) >= 11 is 0. The molecule has 0 amide bonds. The summed E-state index contributed by atoms with van der Waals surface area (Å²) in [6.07, 6.45) is 2.08. The van der Waals surface area contributed by atoms with Gasteiger partial charge in [0, 0.05) is 57.4 Å². The predicted octanol–water partition coefficient (Wildman–Crippen LogP) is 3.95. The fourth-order valence-electron chi connectivity index (χ4n) is 4.36. The Bertz CT molecular complexity index is 619. The van der Waals surface area contributed by atoms with E-state index in [0.29, 0.717) is 12.1 Å². The third kappa shape index (κ3) is 7.40. The van der Waals surface area contributed by atoms with Crippen molar-refractivity contribution in [3.8, 4) is 0 Å². The predicted molar refractivity (Wildman–Crippen MR) is 135 cm³/mol. The zero-order valence-corrected chi connectivity index (χ0v) is 21.5. The van der Waals surface area contributed by atoms with Crippen molar-refractivity contribution in [2.75, 3.05) is 39.9 Å². The summed E-state index contributed by atoms with van der Waals surface area (Å²) in [6.45, 7) is 15.6. The van der Waals surface area contributed by atoms with Gasteiger partial charge in [0.1, 0.15) is 0 Å². The van der Waals surface area contributed by atoms with Crippen molar-refractivity contribution in [3.05, 3.63) is 35.4 Å². The minimum atomic E-state index is 0. The van der Waals surface area contributed by atoms with Crippen LogP contribution in [0.25, 0.3) is 0 Å². The summed E-state index contributed by atoms with van der Waals surface area (Å²) < 4.78 is 5.68. The Morgan fingerprint density at radius 3 is 2.28 bits per heavy atom. The highest BCUT2D eigenvalue weighted by atomic mass is 127. The van der Waals surface area contributed by atoms with Crippen molar-refractivity contribution in [1.29, 1.82) is 0 Å². The van der Waals surface area contributed by atoms with Gasteiger partial charge in [0.15, 0.2) is 5.96 Å². The quantitative estimate of drug-likeness (QED) is 0.312. The monoisotopic (exact) mass is 516 g/mol. The topological polar surface area (TPSA) is 48.9 Å². The van der Waals surface area contributed by atoms with Crippen molar-refractivity contribution in [2.45, 2.75) is 65.0 Å². The second kappa shape index (κ2) is 12.7. The summed E-state index contributed by atoms with van der Waals surface area (Å²) in [6, 6.07) is 9.86. The average molecular weight is 517 g/mol. The van der Waals surface area contributed by atoms with Crippen molar-refractivity contribution < 1.29 is 4.74 Å². The lowest BCUT2D eigenvalue weighted by molar-refractivity contribution is 0.0512. The standard InChI is InChI=1S/C23H40N4O.HI/c1-18(2)27(19(3)4)14-13-25-22(24-6)26-17-23(11-15-28-16-12-23)21-10-8-7-9-20(21)5;/h7-10,18-19H,11-17H2,1-6H3,(H2,24,25,26);1H. The number of aryl methyl sites for hydroxylation is 1. The maximum atomic E-state index is 5.68. The Morgan fingerprint density at radius 2 is 1.72 bits per heavy atom. The summed E-state index contributed by atoms with van der Waals surface area (Å²) in [5, 5.41) is 7.10. The molecule has 29 heavy (non-hydrogen) atoms. The van der Waals surface area contributed by atoms with Gasteiger partial charge in [0.05, 0.1) is 0 Å². The number of benzene rings is 1. The molecule has 1 heterocycles. The highest BCUT2D eigenvalue weighted by Crippen LogP contribution is 2.36. The van der Waals surface area contributed by atoms with Gasteiger partial charge in [-0.25, -0.2) is 0 Å². The van der Waals surface area contributed by atoms with Gasteiger partial charge in [0.25, 0.3) is 0 Å². The molecule has 1 aromatic carbocycles. The molecule has 5 nitrogen and oxygen atoms in total. The molecule has 6 heteroatoms. The van der Waals surface area contributed by atoms with E-state index in [2.05, 4.69) is 79.4 Å². The maximum Gasteiger partial charge on any atom is 0.191 e. The number of rotatable bonds is 8. The van der Waals surface area contributed by atoms with Gasteiger partial charge in [-0.1, -0.05) is 24.3 Å². The summed E-state index contributed by atoms with van der Waals surface area (Å²) in [4.78, 5) is 6.94. The van der Waals surface area contributed by atoms with Gasteiger partial charge in [0.2, 0.25) is 0 Å². The number of nitrogens with one attached hydrogen (secondary N) is 2. The number of ether oxygens (including phenoxy) is 1. The second-order valence-electron chi connectivity index (χ2n) is 8.49. The highest BCUT2D eigenvalue weighted by Gasteiger charge is 2.35. The van der Waals surface area contributed by atoms with E-state index >= 15 is 0 Å². The van der Waals surface area contributed by atoms with Crippen LogP contribution in [0.1, 0.15) is 51.7 Å². The molecule has 1 saturated heterocycles. The van der Waals surface area contributed by atoms with E-state index in [9.17, 15) is 0 Å². The van der Waals surface area contributed by atoms with E-state index in [1.54, 1.807) is 0 Å². The van der Waals surface area contributed by atoms with Gasteiger partial charge in [-0.3, -0.25) is 9.89 Å². The number of halogens is 1. The van der Waals surface area contributed by atoms with E-state index in [0.717, 1.165) is 51.6 Å².